The summed E-state index contributed by atoms with van der Waals surface area (Å²) in [6, 6.07) is 8.26. The molecule has 0 saturated heterocycles. The van der Waals surface area contributed by atoms with E-state index in [9.17, 15) is 4.79 Å². The zero-order valence-corrected chi connectivity index (χ0v) is 14.5. The maximum atomic E-state index is 12.3. The Hall–Kier alpha value is -1.43. The molecule has 1 aromatic heterocycles. The van der Waals surface area contributed by atoms with Gasteiger partial charge in [-0.1, -0.05) is 36.8 Å². The average Bonchev–Trinajstić information content (AvgIpc) is 2.95. The molecule has 1 unspecified atom stereocenters. The molecule has 1 aromatic carbocycles. The number of benzene rings is 1. The van der Waals surface area contributed by atoms with Gasteiger partial charge in [0.1, 0.15) is 5.69 Å². The lowest BCUT2D eigenvalue weighted by molar-refractivity contribution is 0.0931. The van der Waals surface area contributed by atoms with Gasteiger partial charge in [-0.25, -0.2) is 4.98 Å². The summed E-state index contributed by atoms with van der Waals surface area (Å²) in [5.74, 6) is -0.123. The number of rotatable bonds is 6. The Balaban J connectivity index is 0.00000242. The van der Waals surface area contributed by atoms with Crippen LogP contribution in [0.2, 0.25) is 0 Å². The first-order valence-electron chi connectivity index (χ1n) is 7.16. The summed E-state index contributed by atoms with van der Waals surface area (Å²) in [5, 5.41) is 5.75. The minimum Gasteiger partial charge on any atom is -0.344 e. The molecular weight excluding hydrogens is 318 g/mol. The highest BCUT2D eigenvalue weighted by atomic mass is 35.5. The largest absolute Gasteiger partial charge is 0.344 e. The fourth-order valence-electron chi connectivity index (χ4n) is 2.11. The third kappa shape index (κ3) is 4.80. The van der Waals surface area contributed by atoms with E-state index in [1.807, 2.05) is 0 Å². The van der Waals surface area contributed by atoms with Crippen LogP contribution in [0.25, 0.3) is 0 Å². The van der Waals surface area contributed by atoms with Crippen molar-refractivity contribution in [1.82, 2.24) is 10.3 Å². The van der Waals surface area contributed by atoms with Crippen molar-refractivity contribution in [3.05, 3.63) is 51.5 Å². The topological polar surface area (TPSA) is 68.0 Å². The maximum Gasteiger partial charge on any atom is 0.271 e. The Bertz CT molecular complexity index is 598. The Morgan fingerprint density at radius 2 is 2.05 bits per heavy atom. The molecule has 1 atom stereocenters. The number of thiazole rings is 1. The number of carbonyl (C=O) groups excluding carboxylic acids is 1. The molecule has 4 nitrogen and oxygen atoms in total. The molecule has 2 rings (SSSR count). The van der Waals surface area contributed by atoms with Crippen molar-refractivity contribution in [1.29, 1.82) is 0 Å². The van der Waals surface area contributed by atoms with Crippen molar-refractivity contribution in [2.75, 3.05) is 6.54 Å². The quantitative estimate of drug-likeness (QED) is 0.848. The van der Waals surface area contributed by atoms with Gasteiger partial charge >= 0.3 is 0 Å². The van der Waals surface area contributed by atoms with Gasteiger partial charge in [0.25, 0.3) is 5.91 Å². The third-order valence-electron chi connectivity index (χ3n) is 3.34. The van der Waals surface area contributed by atoms with Gasteiger partial charge in [0.05, 0.1) is 11.0 Å². The van der Waals surface area contributed by atoms with Gasteiger partial charge in [-0.15, -0.1) is 23.7 Å². The second-order valence-corrected chi connectivity index (χ2v) is 5.95. The molecule has 3 N–H and O–H groups in total. The molecule has 22 heavy (non-hydrogen) atoms. The summed E-state index contributed by atoms with van der Waals surface area (Å²) in [6.45, 7) is 4.67. The van der Waals surface area contributed by atoms with Gasteiger partial charge in [-0.05, 0) is 25.5 Å². The van der Waals surface area contributed by atoms with Crippen LogP contribution >= 0.6 is 23.7 Å². The van der Waals surface area contributed by atoms with E-state index < -0.39 is 0 Å². The van der Waals surface area contributed by atoms with Crippen LogP contribution < -0.4 is 11.1 Å². The highest BCUT2D eigenvalue weighted by Gasteiger charge is 2.16. The van der Waals surface area contributed by atoms with Crippen LogP contribution in [0.15, 0.2) is 29.6 Å². The van der Waals surface area contributed by atoms with Crippen molar-refractivity contribution in [3.63, 3.8) is 0 Å². The van der Waals surface area contributed by atoms with E-state index in [2.05, 4.69) is 48.4 Å². The number of aromatic nitrogens is 1. The highest BCUT2D eigenvalue weighted by Crippen LogP contribution is 2.18. The second-order valence-electron chi connectivity index (χ2n) is 5.01. The molecule has 0 radical (unpaired) electrons. The number of aryl methyl sites for hydroxylation is 1. The molecule has 0 aliphatic heterocycles. The number of nitrogens with zero attached hydrogens (tertiary/aromatic N) is 1. The lowest BCUT2D eigenvalue weighted by Crippen LogP contribution is -2.28. The Morgan fingerprint density at radius 1 is 1.36 bits per heavy atom. The number of nitrogens with two attached hydrogens (primary N) is 1. The van der Waals surface area contributed by atoms with E-state index in [0.717, 1.165) is 17.0 Å². The Kier molecular flexibility index (Phi) is 7.51. The molecule has 120 valence electrons. The molecule has 0 spiro atoms. The zero-order chi connectivity index (χ0) is 15.2. The standard InChI is InChI=1S/C16H21N3OS.ClH/c1-3-13(12-6-4-11(2)5-7-12)19-16(20)14-10-21-15(18-14)8-9-17;/h4-7,10,13H,3,8-9,17H2,1-2H3,(H,19,20);1H. The van der Waals surface area contributed by atoms with E-state index in [1.165, 1.54) is 16.9 Å². The summed E-state index contributed by atoms with van der Waals surface area (Å²) in [4.78, 5) is 16.6. The summed E-state index contributed by atoms with van der Waals surface area (Å²) in [5.41, 5.74) is 8.32. The van der Waals surface area contributed by atoms with Crippen LogP contribution in [0.5, 0.6) is 0 Å². The first-order chi connectivity index (χ1) is 10.1. The molecule has 2 aromatic rings. The number of carbonyl (C=O) groups is 1. The van der Waals surface area contributed by atoms with Gasteiger partial charge in [0.2, 0.25) is 0 Å². The molecule has 0 aliphatic rings. The second kappa shape index (κ2) is 8.88. The molecule has 0 bridgehead atoms. The average molecular weight is 340 g/mol. The van der Waals surface area contributed by atoms with Gasteiger partial charge in [-0.2, -0.15) is 0 Å². The summed E-state index contributed by atoms with van der Waals surface area (Å²) in [7, 11) is 0. The Labute approximate surface area is 141 Å². The fraction of sp³-hybridized carbons (Fsp3) is 0.375. The minimum atomic E-state index is -0.123. The molecule has 0 aliphatic carbocycles. The molecule has 1 amide bonds. The fourth-order valence-corrected chi connectivity index (χ4v) is 2.90. The van der Waals surface area contributed by atoms with Crippen LogP contribution in [0.3, 0.4) is 0 Å². The number of nitrogens with one attached hydrogen (secondary N) is 1. The molecule has 0 fully saturated rings. The van der Waals surface area contributed by atoms with Crippen molar-refractivity contribution in [3.8, 4) is 0 Å². The summed E-state index contributed by atoms with van der Waals surface area (Å²) >= 11 is 1.48. The smallest absolute Gasteiger partial charge is 0.271 e. The normalized spacial score (nSPS) is 11.6. The van der Waals surface area contributed by atoms with Crippen LogP contribution in [0.1, 0.15) is 46.0 Å². The lowest BCUT2D eigenvalue weighted by Gasteiger charge is -2.17. The predicted octanol–water partition coefficient (Wildman–Crippen LogP) is 3.26. The maximum absolute atomic E-state index is 12.3. The third-order valence-corrected chi connectivity index (χ3v) is 4.24. The summed E-state index contributed by atoms with van der Waals surface area (Å²) in [6.07, 6.45) is 1.56. The first kappa shape index (κ1) is 18.6. The molecule has 6 heteroatoms. The van der Waals surface area contributed by atoms with Gasteiger partial charge in [0.15, 0.2) is 0 Å². The van der Waals surface area contributed by atoms with Gasteiger partial charge in [0, 0.05) is 11.8 Å². The molecule has 1 heterocycles. The number of hydrogen-bond acceptors (Lipinski definition) is 4. The van der Waals surface area contributed by atoms with Crippen molar-refractivity contribution >= 4 is 29.7 Å². The SMILES string of the molecule is CCC(NC(=O)c1csc(CCN)n1)c1ccc(C)cc1.Cl. The molecular formula is C16H22ClN3OS. The number of hydrogen-bond donors (Lipinski definition) is 2. The minimum absolute atomic E-state index is 0. The highest BCUT2D eigenvalue weighted by molar-refractivity contribution is 7.09. The number of amides is 1. The van der Waals surface area contributed by atoms with Crippen LogP contribution in [0, 0.1) is 6.92 Å². The van der Waals surface area contributed by atoms with Gasteiger partial charge in [-0.3, -0.25) is 4.79 Å². The van der Waals surface area contributed by atoms with E-state index >= 15 is 0 Å². The van der Waals surface area contributed by atoms with E-state index in [1.54, 1.807) is 5.38 Å². The van der Waals surface area contributed by atoms with Crippen molar-refractivity contribution in [2.45, 2.75) is 32.7 Å². The van der Waals surface area contributed by atoms with E-state index in [4.69, 9.17) is 5.73 Å². The van der Waals surface area contributed by atoms with Crippen molar-refractivity contribution < 1.29 is 4.79 Å². The van der Waals surface area contributed by atoms with Crippen LogP contribution in [-0.4, -0.2) is 17.4 Å². The molecule has 0 saturated carbocycles. The van der Waals surface area contributed by atoms with E-state index in [0.29, 0.717) is 18.7 Å². The first-order valence-corrected chi connectivity index (χ1v) is 8.04. The summed E-state index contributed by atoms with van der Waals surface area (Å²) < 4.78 is 0. The Morgan fingerprint density at radius 3 is 2.64 bits per heavy atom. The van der Waals surface area contributed by atoms with E-state index in [-0.39, 0.29) is 24.4 Å². The van der Waals surface area contributed by atoms with Crippen molar-refractivity contribution in [2.24, 2.45) is 5.73 Å². The van der Waals surface area contributed by atoms with Crippen LogP contribution in [-0.2, 0) is 6.42 Å². The number of halogens is 1. The van der Waals surface area contributed by atoms with Gasteiger partial charge < -0.3 is 11.1 Å². The lowest BCUT2D eigenvalue weighted by atomic mass is 10.0. The van der Waals surface area contributed by atoms with Crippen LogP contribution in [0.4, 0.5) is 0 Å². The zero-order valence-electron chi connectivity index (χ0n) is 12.8. The monoisotopic (exact) mass is 339 g/mol. The predicted molar refractivity (Wildman–Crippen MR) is 93.8 cm³/mol.